The highest BCUT2D eigenvalue weighted by Gasteiger charge is 2.16. The molecule has 0 saturated heterocycles. The van der Waals surface area contributed by atoms with Crippen molar-refractivity contribution in [2.75, 3.05) is 0 Å². The van der Waals surface area contributed by atoms with Gasteiger partial charge in [-0.1, -0.05) is 71.9 Å². The lowest BCUT2D eigenvalue weighted by Crippen LogP contribution is -2.00. The molecule has 0 aliphatic heterocycles. The zero-order chi connectivity index (χ0) is 20.2. The van der Waals surface area contributed by atoms with Crippen molar-refractivity contribution in [3.05, 3.63) is 100 Å². The van der Waals surface area contributed by atoms with E-state index in [1.54, 1.807) is 12.1 Å². The third-order valence-electron chi connectivity index (χ3n) is 4.45. The van der Waals surface area contributed by atoms with Crippen LogP contribution in [0.2, 0.25) is 0 Å². The Morgan fingerprint density at radius 1 is 0.966 bits per heavy atom. The van der Waals surface area contributed by atoms with Gasteiger partial charge in [-0.2, -0.15) is 0 Å². The van der Waals surface area contributed by atoms with Crippen molar-refractivity contribution in [3.8, 4) is 17.1 Å². The van der Waals surface area contributed by atoms with Gasteiger partial charge in [-0.25, -0.2) is 0 Å². The van der Waals surface area contributed by atoms with E-state index in [1.165, 1.54) is 23.4 Å². The number of aryl methyl sites for hydroxylation is 1. The normalized spacial score (nSPS) is 10.8. The second-order valence-electron chi connectivity index (χ2n) is 6.56. The van der Waals surface area contributed by atoms with Crippen LogP contribution in [0, 0.1) is 17.0 Å². The van der Waals surface area contributed by atoms with E-state index in [0.717, 1.165) is 27.8 Å². The molecular formula is C22H18N4O2S. The van der Waals surface area contributed by atoms with Gasteiger partial charge in [-0.15, -0.1) is 10.2 Å². The Balaban J connectivity index is 1.70. The van der Waals surface area contributed by atoms with Gasteiger partial charge in [0.2, 0.25) is 0 Å². The Bertz CT molecular complexity index is 1140. The number of benzene rings is 3. The van der Waals surface area contributed by atoms with Gasteiger partial charge in [0.1, 0.15) is 0 Å². The summed E-state index contributed by atoms with van der Waals surface area (Å²) in [5.41, 5.74) is 4.08. The fourth-order valence-electron chi connectivity index (χ4n) is 2.97. The molecule has 0 amide bonds. The molecule has 0 radical (unpaired) electrons. The standard InChI is InChI=1S/C22H18N4O2S/c1-16-10-12-19(13-11-16)25-21(18-7-3-2-4-8-18)23-24-22(25)29-15-17-6-5-9-20(14-17)26(27)28/h2-14H,15H2,1H3. The van der Waals surface area contributed by atoms with Gasteiger partial charge >= 0.3 is 0 Å². The van der Waals surface area contributed by atoms with Crippen LogP contribution in [0.15, 0.2) is 84.0 Å². The lowest BCUT2D eigenvalue weighted by Gasteiger charge is -2.11. The molecule has 0 spiro atoms. The zero-order valence-corrected chi connectivity index (χ0v) is 16.5. The average Bonchev–Trinajstić information content (AvgIpc) is 3.17. The van der Waals surface area contributed by atoms with Crippen LogP contribution in [-0.4, -0.2) is 19.7 Å². The minimum absolute atomic E-state index is 0.0908. The van der Waals surface area contributed by atoms with E-state index in [4.69, 9.17) is 0 Å². The first kappa shape index (κ1) is 18.9. The van der Waals surface area contributed by atoms with Crippen LogP contribution in [0.5, 0.6) is 0 Å². The van der Waals surface area contributed by atoms with Crippen LogP contribution >= 0.6 is 11.8 Å². The number of aromatic nitrogens is 3. The number of hydrogen-bond donors (Lipinski definition) is 0. The molecule has 0 unspecified atom stereocenters. The number of nitro benzene ring substituents is 1. The Labute approximate surface area is 172 Å². The van der Waals surface area contributed by atoms with Crippen LogP contribution in [0.25, 0.3) is 17.1 Å². The highest BCUT2D eigenvalue weighted by atomic mass is 32.2. The number of thioether (sulfide) groups is 1. The quantitative estimate of drug-likeness (QED) is 0.244. The Hall–Kier alpha value is -3.45. The maximum absolute atomic E-state index is 11.0. The van der Waals surface area contributed by atoms with Crippen LogP contribution in [-0.2, 0) is 5.75 Å². The van der Waals surface area contributed by atoms with Gasteiger partial charge in [0.05, 0.1) is 4.92 Å². The number of rotatable bonds is 6. The second kappa shape index (κ2) is 8.28. The average molecular weight is 402 g/mol. The summed E-state index contributed by atoms with van der Waals surface area (Å²) in [6.45, 7) is 2.05. The van der Waals surface area contributed by atoms with Gasteiger partial charge in [0.25, 0.3) is 5.69 Å². The number of non-ortho nitro benzene ring substituents is 1. The van der Waals surface area contributed by atoms with Crippen molar-refractivity contribution in [2.45, 2.75) is 17.8 Å². The fourth-order valence-corrected chi connectivity index (χ4v) is 3.87. The van der Waals surface area contributed by atoms with E-state index in [-0.39, 0.29) is 10.6 Å². The van der Waals surface area contributed by atoms with Crippen molar-refractivity contribution >= 4 is 17.4 Å². The molecule has 7 heteroatoms. The zero-order valence-electron chi connectivity index (χ0n) is 15.7. The number of nitro groups is 1. The molecule has 0 fully saturated rings. The Morgan fingerprint density at radius 2 is 1.72 bits per heavy atom. The molecule has 144 valence electrons. The maximum atomic E-state index is 11.0. The molecule has 4 rings (SSSR count). The van der Waals surface area contributed by atoms with E-state index in [0.29, 0.717) is 5.75 Å². The highest BCUT2D eigenvalue weighted by Crippen LogP contribution is 2.30. The fraction of sp³-hybridized carbons (Fsp3) is 0.0909. The summed E-state index contributed by atoms with van der Waals surface area (Å²) >= 11 is 1.50. The smallest absolute Gasteiger partial charge is 0.269 e. The van der Waals surface area contributed by atoms with Gasteiger partial charge in [0.15, 0.2) is 11.0 Å². The molecule has 6 nitrogen and oxygen atoms in total. The molecule has 0 N–H and O–H groups in total. The van der Waals surface area contributed by atoms with Crippen molar-refractivity contribution < 1.29 is 4.92 Å². The minimum Gasteiger partial charge on any atom is -0.270 e. The van der Waals surface area contributed by atoms with Crippen molar-refractivity contribution in [2.24, 2.45) is 0 Å². The van der Waals surface area contributed by atoms with Gasteiger partial charge < -0.3 is 0 Å². The molecule has 0 bridgehead atoms. The molecule has 0 saturated carbocycles. The molecular weight excluding hydrogens is 384 g/mol. The largest absolute Gasteiger partial charge is 0.270 e. The Kier molecular flexibility index (Phi) is 5.39. The van der Waals surface area contributed by atoms with Gasteiger partial charge in [-0.05, 0) is 24.6 Å². The molecule has 0 aliphatic carbocycles. The summed E-state index contributed by atoms with van der Waals surface area (Å²) in [6.07, 6.45) is 0. The van der Waals surface area contributed by atoms with Crippen molar-refractivity contribution in [1.29, 1.82) is 0 Å². The summed E-state index contributed by atoms with van der Waals surface area (Å²) in [5.74, 6) is 1.32. The molecule has 0 atom stereocenters. The monoisotopic (exact) mass is 402 g/mol. The first-order valence-corrected chi connectivity index (χ1v) is 10.0. The van der Waals surface area contributed by atoms with Crippen LogP contribution < -0.4 is 0 Å². The number of nitrogens with zero attached hydrogens (tertiary/aromatic N) is 4. The van der Waals surface area contributed by atoms with E-state index in [9.17, 15) is 10.1 Å². The lowest BCUT2D eigenvalue weighted by molar-refractivity contribution is -0.384. The van der Waals surface area contributed by atoms with Gasteiger partial charge in [0, 0.05) is 29.1 Å². The van der Waals surface area contributed by atoms with Gasteiger partial charge in [-0.3, -0.25) is 14.7 Å². The SMILES string of the molecule is Cc1ccc(-n2c(SCc3cccc([N+](=O)[O-])c3)nnc2-c2ccccc2)cc1. The van der Waals surface area contributed by atoms with Crippen LogP contribution in [0.3, 0.4) is 0 Å². The third-order valence-corrected chi connectivity index (χ3v) is 5.45. The molecule has 1 heterocycles. The molecule has 29 heavy (non-hydrogen) atoms. The minimum atomic E-state index is -0.378. The molecule has 4 aromatic rings. The summed E-state index contributed by atoms with van der Waals surface area (Å²) in [4.78, 5) is 10.6. The maximum Gasteiger partial charge on any atom is 0.269 e. The molecule has 3 aromatic carbocycles. The van der Waals surface area contributed by atoms with Crippen LogP contribution in [0.4, 0.5) is 5.69 Å². The van der Waals surface area contributed by atoms with Crippen molar-refractivity contribution in [1.82, 2.24) is 14.8 Å². The summed E-state index contributed by atoms with van der Waals surface area (Å²) < 4.78 is 2.02. The molecule has 0 aliphatic rings. The lowest BCUT2D eigenvalue weighted by atomic mass is 10.2. The molecule has 1 aromatic heterocycles. The van der Waals surface area contributed by atoms with E-state index < -0.39 is 0 Å². The summed E-state index contributed by atoms with van der Waals surface area (Å²) in [7, 11) is 0. The Morgan fingerprint density at radius 3 is 2.45 bits per heavy atom. The van der Waals surface area contributed by atoms with E-state index in [2.05, 4.69) is 22.3 Å². The first-order valence-electron chi connectivity index (χ1n) is 9.06. The predicted octanol–water partition coefficient (Wildman–Crippen LogP) is 5.44. The van der Waals surface area contributed by atoms with E-state index in [1.807, 2.05) is 60.0 Å². The number of hydrogen-bond acceptors (Lipinski definition) is 5. The summed E-state index contributed by atoms with van der Waals surface area (Å²) in [6, 6.07) is 24.8. The highest BCUT2D eigenvalue weighted by molar-refractivity contribution is 7.98. The summed E-state index contributed by atoms with van der Waals surface area (Å²) in [5, 5.41) is 20.6. The van der Waals surface area contributed by atoms with Crippen LogP contribution in [0.1, 0.15) is 11.1 Å². The third kappa shape index (κ3) is 4.20. The van der Waals surface area contributed by atoms with E-state index >= 15 is 0 Å². The topological polar surface area (TPSA) is 73.8 Å². The first-order chi connectivity index (χ1) is 14.1. The van der Waals surface area contributed by atoms with Crippen molar-refractivity contribution in [3.63, 3.8) is 0 Å². The predicted molar refractivity (Wildman–Crippen MR) is 114 cm³/mol. The second-order valence-corrected chi connectivity index (χ2v) is 7.50.